The zero-order valence-corrected chi connectivity index (χ0v) is 19.2. The van der Waals surface area contributed by atoms with Crippen LogP contribution in [0.1, 0.15) is 30.9 Å². The number of aliphatic imine (C=N–C) groups is 1. The minimum absolute atomic E-state index is 0. The predicted octanol–water partition coefficient (Wildman–Crippen LogP) is 4.83. The topological polar surface area (TPSA) is 54.9 Å². The van der Waals surface area contributed by atoms with Gasteiger partial charge in [-0.25, -0.2) is 0 Å². The summed E-state index contributed by atoms with van der Waals surface area (Å²) in [4.78, 5) is 4.21. The fraction of sp³-hybridized carbons (Fsp3) is 0.421. The van der Waals surface area contributed by atoms with E-state index in [9.17, 15) is 8.78 Å². The third-order valence-electron chi connectivity index (χ3n) is 3.90. The molecule has 1 atom stereocenters. The number of ether oxygens (including phenoxy) is 2. The Kier molecular flexibility index (Phi) is 11.1. The maximum absolute atomic E-state index is 12.5. The summed E-state index contributed by atoms with van der Waals surface area (Å²) in [6.07, 6.45) is 0. The number of guanidine groups is 1. The molecule has 2 N–H and O–H groups in total. The van der Waals surface area contributed by atoms with Gasteiger partial charge in [-0.1, -0.05) is 13.0 Å². The summed E-state index contributed by atoms with van der Waals surface area (Å²) in [6.45, 7) is 2.64. The number of thiophene rings is 1. The molecular weight excluding hydrogens is 499 g/mol. The lowest BCUT2D eigenvalue weighted by atomic mass is 10.1. The highest BCUT2D eigenvalue weighted by Gasteiger charge is 2.12. The molecule has 1 unspecified atom stereocenters. The Morgan fingerprint density at radius 2 is 2.00 bits per heavy atom. The number of halogens is 3. The summed E-state index contributed by atoms with van der Waals surface area (Å²) in [5, 5.41) is 10.7. The second-order valence-corrected chi connectivity index (χ2v) is 6.64. The highest BCUT2D eigenvalue weighted by Crippen LogP contribution is 2.29. The zero-order valence-electron chi connectivity index (χ0n) is 16.1. The standard InChI is InChI=1S/C19H25F2N3O2S.HI/c1-4-25-17-9-14(5-6-16(17)26-18(20)21)11-24-19(22-3)23-10-13(2)15-7-8-27-12-15;/h5-9,12-13,18H,4,10-11H2,1-3H3,(H2,22,23,24);1H. The summed E-state index contributed by atoms with van der Waals surface area (Å²) >= 11 is 1.68. The van der Waals surface area contributed by atoms with E-state index in [0.717, 1.165) is 12.1 Å². The van der Waals surface area contributed by atoms with Gasteiger partial charge >= 0.3 is 6.61 Å². The fourth-order valence-electron chi connectivity index (χ4n) is 2.45. The second kappa shape index (κ2) is 12.8. The lowest BCUT2D eigenvalue weighted by molar-refractivity contribution is -0.0514. The summed E-state index contributed by atoms with van der Waals surface area (Å²) in [5.41, 5.74) is 2.16. The van der Waals surface area contributed by atoms with Gasteiger partial charge in [0, 0.05) is 20.1 Å². The fourth-order valence-corrected chi connectivity index (χ4v) is 3.24. The van der Waals surface area contributed by atoms with Crippen LogP contribution in [0.3, 0.4) is 0 Å². The summed E-state index contributed by atoms with van der Waals surface area (Å²) in [7, 11) is 1.70. The van der Waals surface area contributed by atoms with Crippen molar-refractivity contribution in [3.63, 3.8) is 0 Å². The van der Waals surface area contributed by atoms with Gasteiger partial charge < -0.3 is 20.1 Å². The highest BCUT2D eigenvalue weighted by molar-refractivity contribution is 14.0. The molecule has 0 spiro atoms. The van der Waals surface area contributed by atoms with Crippen LogP contribution in [0.25, 0.3) is 0 Å². The molecule has 1 heterocycles. The van der Waals surface area contributed by atoms with Gasteiger partial charge in [0.1, 0.15) is 0 Å². The smallest absolute Gasteiger partial charge is 0.387 e. The Morgan fingerprint density at radius 1 is 1.21 bits per heavy atom. The number of nitrogens with zero attached hydrogens (tertiary/aromatic N) is 1. The third kappa shape index (κ3) is 7.78. The van der Waals surface area contributed by atoms with E-state index in [1.807, 2.05) is 0 Å². The molecule has 0 aliphatic rings. The second-order valence-electron chi connectivity index (χ2n) is 5.86. The average Bonchev–Trinajstić information content (AvgIpc) is 3.18. The van der Waals surface area contributed by atoms with Gasteiger partial charge in [-0.15, -0.1) is 24.0 Å². The van der Waals surface area contributed by atoms with E-state index < -0.39 is 6.61 Å². The van der Waals surface area contributed by atoms with Crippen molar-refractivity contribution in [1.82, 2.24) is 10.6 Å². The van der Waals surface area contributed by atoms with Crippen LogP contribution in [-0.4, -0.2) is 32.8 Å². The Labute approximate surface area is 185 Å². The number of nitrogens with one attached hydrogen (secondary N) is 2. The number of hydrogen-bond donors (Lipinski definition) is 2. The maximum Gasteiger partial charge on any atom is 0.387 e. The van der Waals surface area contributed by atoms with Gasteiger partial charge in [-0.05, 0) is 52.9 Å². The molecule has 156 valence electrons. The monoisotopic (exact) mass is 525 g/mol. The molecule has 1 aromatic heterocycles. The van der Waals surface area contributed by atoms with Crippen molar-refractivity contribution >= 4 is 41.3 Å². The van der Waals surface area contributed by atoms with Crippen LogP contribution in [0.2, 0.25) is 0 Å². The van der Waals surface area contributed by atoms with Crippen molar-refractivity contribution in [2.45, 2.75) is 32.9 Å². The molecule has 1 aromatic carbocycles. The van der Waals surface area contributed by atoms with Gasteiger partial charge in [-0.3, -0.25) is 4.99 Å². The summed E-state index contributed by atoms with van der Waals surface area (Å²) in [6, 6.07) is 7.01. The van der Waals surface area contributed by atoms with E-state index in [-0.39, 0.29) is 29.7 Å². The van der Waals surface area contributed by atoms with Crippen LogP contribution in [0.5, 0.6) is 11.5 Å². The minimum atomic E-state index is -2.89. The van der Waals surface area contributed by atoms with E-state index >= 15 is 0 Å². The van der Waals surface area contributed by atoms with Crippen LogP contribution in [0, 0.1) is 0 Å². The average molecular weight is 525 g/mol. The lowest BCUT2D eigenvalue weighted by Gasteiger charge is -2.16. The zero-order chi connectivity index (χ0) is 19.6. The third-order valence-corrected chi connectivity index (χ3v) is 4.60. The van der Waals surface area contributed by atoms with Crippen LogP contribution >= 0.6 is 35.3 Å². The van der Waals surface area contributed by atoms with Crippen molar-refractivity contribution < 1.29 is 18.3 Å². The van der Waals surface area contributed by atoms with E-state index in [0.29, 0.717) is 30.8 Å². The molecule has 2 rings (SSSR count). The first kappa shape index (κ1) is 24.4. The highest BCUT2D eigenvalue weighted by atomic mass is 127. The maximum atomic E-state index is 12.5. The molecule has 0 saturated carbocycles. The lowest BCUT2D eigenvalue weighted by Crippen LogP contribution is -2.38. The first-order valence-electron chi connectivity index (χ1n) is 8.70. The van der Waals surface area contributed by atoms with Crippen molar-refractivity contribution in [2.75, 3.05) is 20.2 Å². The van der Waals surface area contributed by atoms with Crippen LogP contribution < -0.4 is 20.1 Å². The van der Waals surface area contributed by atoms with Gasteiger partial charge in [-0.2, -0.15) is 20.1 Å². The Morgan fingerprint density at radius 3 is 2.61 bits per heavy atom. The predicted molar refractivity (Wildman–Crippen MR) is 121 cm³/mol. The molecule has 2 aromatic rings. The van der Waals surface area contributed by atoms with Gasteiger partial charge in [0.2, 0.25) is 0 Å². The normalized spacial score (nSPS) is 12.3. The number of benzene rings is 1. The van der Waals surface area contributed by atoms with Gasteiger partial charge in [0.25, 0.3) is 0 Å². The summed E-state index contributed by atoms with van der Waals surface area (Å²) in [5.74, 6) is 1.36. The molecule has 0 aliphatic heterocycles. The van der Waals surface area contributed by atoms with Crippen molar-refractivity contribution in [2.24, 2.45) is 4.99 Å². The van der Waals surface area contributed by atoms with Gasteiger partial charge in [0.15, 0.2) is 17.5 Å². The van der Waals surface area contributed by atoms with E-state index in [4.69, 9.17) is 4.74 Å². The van der Waals surface area contributed by atoms with Crippen LogP contribution in [-0.2, 0) is 6.54 Å². The molecule has 0 radical (unpaired) electrons. The molecule has 0 fully saturated rings. The molecule has 28 heavy (non-hydrogen) atoms. The van der Waals surface area contributed by atoms with Gasteiger partial charge in [0.05, 0.1) is 6.61 Å². The van der Waals surface area contributed by atoms with E-state index in [1.165, 1.54) is 11.6 Å². The molecule has 5 nitrogen and oxygen atoms in total. The Hall–Kier alpha value is -1.62. The van der Waals surface area contributed by atoms with E-state index in [1.54, 1.807) is 37.4 Å². The van der Waals surface area contributed by atoms with E-state index in [2.05, 4.69) is 44.1 Å². The number of rotatable bonds is 9. The SMILES string of the molecule is CCOc1cc(CNC(=NC)NCC(C)c2ccsc2)ccc1OC(F)F.I. The number of alkyl halides is 2. The molecule has 0 saturated heterocycles. The Balaban J connectivity index is 0.00000392. The molecular formula is C19H26F2IN3O2S. The minimum Gasteiger partial charge on any atom is -0.490 e. The molecule has 0 aliphatic carbocycles. The van der Waals surface area contributed by atoms with Crippen molar-refractivity contribution in [1.29, 1.82) is 0 Å². The van der Waals surface area contributed by atoms with Crippen LogP contribution in [0.4, 0.5) is 8.78 Å². The molecule has 0 amide bonds. The first-order chi connectivity index (χ1) is 13.0. The largest absolute Gasteiger partial charge is 0.490 e. The van der Waals surface area contributed by atoms with Crippen molar-refractivity contribution in [3.8, 4) is 11.5 Å². The first-order valence-corrected chi connectivity index (χ1v) is 9.64. The number of hydrogen-bond acceptors (Lipinski definition) is 4. The quantitative estimate of drug-likeness (QED) is 0.280. The summed E-state index contributed by atoms with van der Waals surface area (Å²) < 4.78 is 34.8. The molecule has 9 heteroatoms. The van der Waals surface area contributed by atoms with Crippen molar-refractivity contribution in [3.05, 3.63) is 46.2 Å². The Bertz CT molecular complexity index is 730. The molecule has 0 bridgehead atoms. The van der Waals surface area contributed by atoms with Crippen LogP contribution in [0.15, 0.2) is 40.0 Å².